The number of carbonyl (C=O) groups excluding carboxylic acids is 2. The smallest absolute Gasteiger partial charge is 0.306 e. The van der Waals surface area contributed by atoms with Gasteiger partial charge in [-0.15, -0.1) is 0 Å². The molecule has 0 spiro atoms. The summed E-state index contributed by atoms with van der Waals surface area (Å²) < 4.78 is 33.8. The van der Waals surface area contributed by atoms with Crippen LogP contribution < -0.4 is 4.89 Å². The van der Waals surface area contributed by atoms with Gasteiger partial charge in [0.25, 0.3) is 7.82 Å². The molecule has 2 atom stereocenters. The van der Waals surface area contributed by atoms with Crippen LogP contribution in [0.4, 0.5) is 0 Å². The maximum atomic E-state index is 12.6. The number of unbranched alkanes of at least 4 members (excludes halogenated alkanes) is 15. The summed E-state index contributed by atoms with van der Waals surface area (Å²) in [7, 11) is 1.13. The summed E-state index contributed by atoms with van der Waals surface area (Å²) in [6.45, 7) is 4.04. The summed E-state index contributed by atoms with van der Waals surface area (Å²) in [5.41, 5.74) is 0. The number of allylic oxidation sites excluding steroid dienone is 10. The number of rotatable bonds is 39. The molecule has 0 aromatic rings. The van der Waals surface area contributed by atoms with E-state index >= 15 is 0 Å². The topological polar surface area (TPSA) is 111 Å². The van der Waals surface area contributed by atoms with Gasteiger partial charge in [0.2, 0.25) is 0 Å². The van der Waals surface area contributed by atoms with Gasteiger partial charge in [-0.2, -0.15) is 0 Å². The second kappa shape index (κ2) is 38.2. The number of nitrogens with zero attached hydrogens (tertiary/aromatic N) is 1. The Bertz CT molecular complexity index is 1140. The third-order valence-electron chi connectivity index (χ3n) is 9.02. The molecule has 0 aromatic carbocycles. The Labute approximate surface area is 343 Å². The standard InChI is InChI=1S/C46H82NO8P/c1-6-8-10-12-14-16-18-20-22-23-25-26-28-30-32-34-36-38-45(48)52-42-44(43-54-56(50,51)53-41-40-47(3,4)5)55-46(49)39-37-35-33-31-29-27-24-21-19-17-15-13-11-9-7-2/h9,11,15,17,20-22,24,29,31,44H,6-8,10,12-14,16,18-19,23,25-28,30,32-43H2,1-5H3/b11-9-,17-15-,22-20-,24-21-,31-29-/t44-/m1/s1. The highest BCUT2D eigenvalue weighted by Gasteiger charge is 2.21. The van der Waals surface area contributed by atoms with Crippen LogP contribution in [0.1, 0.15) is 168 Å². The monoisotopic (exact) mass is 808 g/mol. The molecule has 0 rings (SSSR count). The SMILES string of the molecule is CC/C=C\C/C=C\C/C=C\C/C=C\CCCCC(=O)O[C@H](COC(=O)CCCCCCCCC/C=C\CCCCCCCC)COP(=O)([O-])OCC[N+](C)(C)C. The van der Waals surface area contributed by atoms with Crippen LogP contribution in [0.5, 0.6) is 0 Å². The van der Waals surface area contributed by atoms with Crippen molar-refractivity contribution in [2.24, 2.45) is 0 Å². The van der Waals surface area contributed by atoms with Gasteiger partial charge in [-0.25, -0.2) is 0 Å². The van der Waals surface area contributed by atoms with Gasteiger partial charge in [0.1, 0.15) is 19.8 Å². The fourth-order valence-electron chi connectivity index (χ4n) is 5.58. The van der Waals surface area contributed by atoms with Gasteiger partial charge in [-0.05, 0) is 77.0 Å². The lowest BCUT2D eigenvalue weighted by Crippen LogP contribution is -2.37. The molecule has 0 fully saturated rings. The van der Waals surface area contributed by atoms with E-state index in [0.29, 0.717) is 17.4 Å². The minimum Gasteiger partial charge on any atom is -0.756 e. The van der Waals surface area contributed by atoms with Crippen molar-refractivity contribution in [3.05, 3.63) is 60.8 Å². The van der Waals surface area contributed by atoms with Crippen LogP contribution in [0, 0.1) is 0 Å². The van der Waals surface area contributed by atoms with Crippen LogP contribution in [-0.2, 0) is 32.7 Å². The molecule has 9 nitrogen and oxygen atoms in total. The fourth-order valence-corrected chi connectivity index (χ4v) is 6.31. The van der Waals surface area contributed by atoms with Crippen LogP contribution >= 0.6 is 7.82 Å². The van der Waals surface area contributed by atoms with Crippen molar-refractivity contribution in [3.8, 4) is 0 Å². The first-order valence-corrected chi connectivity index (χ1v) is 23.5. The van der Waals surface area contributed by atoms with E-state index in [4.69, 9.17) is 18.5 Å². The number of quaternary nitrogens is 1. The third-order valence-corrected chi connectivity index (χ3v) is 9.99. The van der Waals surface area contributed by atoms with Crippen molar-refractivity contribution in [2.75, 3.05) is 47.5 Å². The Hall–Kier alpha value is -2.29. The van der Waals surface area contributed by atoms with E-state index in [9.17, 15) is 19.0 Å². The maximum absolute atomic E-state index is 12.6. The molecule has 0 amide bonds. The minimum absolute atomic E-state index is 0.0420. The summed E-state index contributed by atoms with van der Waals surface area (Å²) in [4.78, 5) is 37.5. The first-order valence-electron chi connectivity index (χ1n) is 22.0. The van der Waals surface area contributed by atoms with Gasteiger partial charge in [-0.1, -0.05) is 139 Å². The molecule has 0 aliphatic heterocycles. The van der Waals surface area contributed by atoms with Crippen molar-refractivity contribution in [1.29, 1.82) is 0 Å². The van der Waals surface area contributed by atoms with Crippen LogP contribution in [-0.4, -0.2) is 70.0 Å². The molecular formula is C46H82NO8P. The molecule has 0 N–H and O–H groups in total. The molecule has 0 heterocycles. The molecule has 56 heavy (non-hydrogen) atoms. The zero-order valence-corrected chi connectivity index (χ0v) is 37.2. The zero-order chi connectivity index (χ0) is 41.4. The Balaban J connectivity index is 4.43. The summed E-state index contributed by atoms with van der Waals surface area (Å²) in [5, 5.41) is 0. The molecular weight excluding hydrogens is 725 g/mol. The van der Waals surface area contributed by atoms with E-state index in [1.54, 1.807) is 0 Å². The lowest BCUT2D eigenvalue weighted by atomic mass is 10.1. The first kappa shape index (κ1) is 53.7. The van der Waals surface area contributed by atoms with Crippen LogP contribution in [0.25, 0.3) is 0 Å². The van der Waals surface area contributed by atoms with Gasteiger partial charge in [0.15, 0.2) is 6.10 Å². The Morgan fingerprint density at radius 1 is 0.571 bits per heavy atom. The summed E-state index contributed by atoms with van der Waals surface area (Å²) in [6, 6.07) is 0. The molecule has 324 valence electrons. The number of phosphoric ester groups is 1. The number of likely N-dealkylation sites (N-methyl/N-ethyl adjacent to an activating group) is 1. The van der Waals surface area contributed by atoms with Crippen molar-refractivity contribution in [1.82, 2.24) is 0 Å². The van der Waals surface area contributed by atoms with Gasteiger partial charge in [0, 0.05) is 12.8 Å². The predicted molar refractivity (Wildman–Crippen MR) is 231 cm³/mol. The molecule has 0 radical (unpaired) electrons. The van der Waals surface area contributed by atoms with Crippen molar-refractivity contribution in [3.63, 3.8) is 0 Å². The van der Waals surface area contributed by atoms with E-state index in [1.165, 1.54) is 64.2 Å². The maximum Gasteiger partial charge on any atom is 0.306 e. The first-order chi connectivity index (χ1) is 27.0. The second-order valence-corrected chi connectivity index (χ2v) is 17.1. The molecule has 10 heteroatoms. The predicted octanol–water partition coefficient (Wildman–Crippen LogP) is 11.8. The Morgan fingerprint density at radius 2 is 1.02 bits per heavy atom. The fraction of sp³-hybridized carbons (Fsp3) is 0.739. The van der Waals surface area contributed by atoms with Gasteiger partial charge >= 0.3 is 11.9 Å². The molecule has 0 saturated heterocycles. The molecule has 0 aliphatic carbocycles. The van der Waals surface area contributed by atoms with Gasteiger partial charge < -0.3 is 27.9 Å². The highest BCUT2D eigenvalue weighted by molar-refractivity contribution is 7.45. The lowest BCUT2D eigenvalue weighted by Gasteiger charge is -2.28. The van der Waals surface area contributed by atoms with E-state index in [2.05, 4.69) is 74.6 Å². The largest absolute Gasteiger partial charge is 0.756 e. The summed E-state index contributed by atoms with van der Waals surface area (Å²) in [5.74, 6) is -0.892. The normalized spacial score (nSPS) is 14.2. The number of hydrogen-bond donors (Lipinski definition) is 0. The van der Waals surface area contributed by atoms with E-state index < -0.39 is 32.5 Å². The molecule has 0 aromatic heterocycles. The summed E-state index contributed by atoms with van der Waals surface area (Å²) >= 11 is 0. The quantitative estimate of drug-likeness (QED) is 0.0198. The average molecular weight is 808 g/mol. The van der Waals surface area contributed by atoms with E-state index in [1.807, 2.05) is 21.1 Å². The minimum atomic E-state index is -4.64. The number of ether oxygens (including phenoxy) is 2. The second-order valence-electron chi connectivity index (χ2n) is 15.7. The number of esters is 2. The van der Waals surface area contributed by atoms with Crippen molar-refractivity contribution < 1.29 is 42.1 Å². The number of phosphoric acid groups is 1. The third kappa shape index (κ3) is 41.3. The van der Waals surface area contributed by atoms with Crippen molar-refractivity contribution in [2.45, 2.75) is 174 Å². The van der Waals surface area contributed by atoms with Crippen LogP contribution in [0.2, 0.25) is 0 Å². The van der Waals surface area contributed by atoms with Gasteiger partial charge in [0.05, 0.1) is 27.7 Å². The van der Waals surface area contributed by atoms with E-state index in [-0.39, 0.29) is 26.1 Å². The lowest BCUT2D eigenvalue weighted by molar-refractivity contribution is -0.870. The molecule has 0 saturated carbocycles. The van der Waals surface area contributed by atoms with E-state index in [0.717, 1.165) is 70.6 Å². The number of hydrogen-bond acceptors (Lipinski definition) is 8. The Morgan fingerprint density at radius 3 is 1.57 bits per heavy atom. The van der Waals surface area contributed by atoms with Crippen molar-refractivity contribution >= 4 is 19.8 Å². The molecule has 0 bridgehead atoms. The molecule has 0 aliphatic rings. The highest BCUT2D eigenvalue weighted by atomic mass is 31.2. The zero-order valence-electron chi connectivity index (χ0n) is 36.3. The summed E-state index contributed by atoms with van der Waals surface area (Å²) in [6.07, 6.45) is 45.4. The molecule has 1 unspecified atom stereocenters. The van der Waals surface area contributed by atoms with Crippen LogP contribution in [0.3, 0.4) is 0 Å². The highest BCUT2D eigenvalue weighted by Crippen LogP contribution is 2.38. The number of carbonyl (C=O) groups is 2. The van der Waals surface area contributed by atoms with Gasteiger partial charge in [-0.3, -0.25) is 14.2 Å². The van der Waals surface area contributed by atoms with Crippen LogP contribution in [0.15, 0.2) is 60.8 Å². The average Bonchev–Trinajstić information content (AvgIpc) is 3.15. The Kier molecular flexibility index (Phi) is 36.7.